The van der Waals surface area contributed by atoms with Gasteiger partial charge in [0.1, 0.15) is 23.1 Å². The van der Waals surface area contributed by atoms with Crippen LogP contribution in [0.3, 0.4) is 0 Å². The van der Waals surface area contributed by atoms with Gasteiger partial charge in [0.15, 0.2) is 0 Å². The molecule has 4 unspecified atom stereocenters. The molecule has 0 aliphatic heterocycles. The summed E-state index contributed by atoms with van der Waals surface area (Å²) in [4.78, 5) is 26.8. The highest BCUT2D eigenvalue weighted by atomic mass is 16.5. The largest absolute Gasteiger partial charge is 0.494 e. The maximum Gasteiger partial charge on any atom is 0.340 e. The lowest BCUT2D eigenvalue weighted by Gasteiger charge is -2.56. The zero-order chi connectivity index (χ0) is 34.3. The van der Waals surface area contributed by atoms with Crippen LogP contribution in [0.4, 0.5) is 5.69 Å². The molecule has 3 aliphatic carbocycles. The number of amides is 1. The van der Waals surface area contributed by atoms with E-state index in [0.29, 0.717) is 42.9 Å². The van der Waals surface area contributed by atoms with Crippen LogP contribution in [0.15, 0.2) is 48.5 Å². The molecule has 2 bridgehead atoms. The number of fused-ring (bicyclic) bond motifs is 2. The van der Waals surface area contributed by atoms with Crippen LogP contribution in [-0.2, 0) is 14.2 Å². The van der Waals surface area contributed by atoms with Crippen molar-refractivity contribution in [3.8, 4) is 5.75 Å². The molecule has 9 nitrogen and oxygen atoms in total. The number of hydrogen-bond donors (Lipinski definition) is 3. The van der Waals surface area contributed by atoms with Gasteiger partial charge in [-0.15, -0.1) is 0 Å². The van der Waals surface area contributed by atoms with Crippen LogP contribution in [0, 0.1) is 35.0 Å². The molecule has 3 N–H and O–H groups in total. The zero-order valence-electron chi connectivity index (χ0n) is 29.1. The number of aliphatic hydroxyl groups is 2. The number of nitrogens with one attached hydrogen (secondary N) is 1. The highest BCUT2D eigenvalue weighted by Crippen LogP contribution is 2.65. The van der Waals surface area contributed by atoms with Gasteiger partial charge in [-0.1, -0.05) is 46.2 Å². The summed E-state index contributed by atoms with van der Waals surface area (Å²) in [5.41, 5.74) is -2.14. The van der Waals surface area contributed by atoms with Crippen LogP contribution >= 0.6 is 0 Å². The summed E-state index contributed by atoms with van der Waals surface area (Å²) in [6.45, 7) is 12.8. The SMILES string of the molecule is CCOc1ccc(C(=O)Nc2ccccc2C(=O)O[C@@H](C)C2CC([C@@]3(O)C[C@H](OC)C4CC(C)[C@]3(O)[C@H]4OC)[C@@H](CC)C2(C)C)cc1. The smallest absolute Gasteiger partial charge is 0.340 e. The van der Waals surface area contributed by atoms with Gasteiger partial charge in [-0.25, -0.2) is 4.79 Å². The Labute approximate surface area is 279 Å². The van der Waals surface area contributed by atoms with Gasteiger partial charge in [0, 0.05) is 38.0 Å². The lowest BCUT2D eigenvalue weighted by molar-refractivity contribution is -0.279. The molecule has 0 saturated heterocycles. The van der Waals surface area contributed by atoms with Gasteiger partial charge in [0.25, 0.3) is 5.91 Å². The van der Waals surface area contributed by atoms with E-state index in [1.54, 1.807) is 62.8 Å². The van der Waals surface area contributed by atoms with Gasteiger partial charge in [-0.05, 0) is 86.3 Å². The summed E-state index contributed by atoms with van der Waals surface area (Å²) in [6.07, 6.45) is 1.13. The van der Waals surface area contributed by atoms with E-state index in [9.17, 15) is 19.8 Å². The lowest BCUT2D eigenvalue weighted by Crippen LogP contribution is -2.71. The zero-order valence-corrected chi connectivity index (χ0v) is 29.1. The molecule has 2 aromatic carbocycles. The highest BCUT2D eigenvalue weighted by molar-refractivity contribution is 6.08. The summed E-state index contributed by atoms with van der Waals surface area (Å²) < 4.78 is 23.5. The fraction of sp³-hybridized carbons (Fsp3) is 0.632. The molecule has 5 rings (SSSR count). The molecule has 47 heavy (non-hydrogen) atoms. The number of methoxy groups -OCH3 is 2. The molecule has 0 aromatic heterocycles. The first-order valence-electron chi connectivity index (χ1n) is 17.1. The molecular formula is C38H53NO8. The summed E-state index contributed by atoms with van der Waals surface area (Å²) >= 11 is 0. The quantitative estimate of drug-likeness (QED) is 0.248. The number of esters is 1. The molecule has 1 amide bonds. The van der Waals surface area contributed by atoms with E-state index in [2.05, 4.69) is 26.1 Å². The van der Waals surface area contributed by atoms with E-state index in [1.165, 1.54) is 0 Å². The van der Waals surface area contributed by atoms with Crippen molar-refractivity contribution in [3.05, 3.63) is 59.7 Å². The predicted octanol–water partition coefficient (Wildman–Crippen LogP) is 6.12. The van der Waals surface area contributed by atoms with Gasteiger partial charge in [0.2, 0.25) is 0 Å². The minimum Gasteiger partial charge on any atom is -0.494 e. The fourth-order valence-corrected chi connectivity index (χ4v) is 9.84. The first-order valence-corrected chi connectivity index (χ1v) is 17.1. The molecule has 9 heteroatoms. The van der Waals surface area contributed by atoms with Gasteiger partial charge in [0.05, 0.1) is 30.1 Å². The van der Waals surface area contributed by atoms with E-state index in [0.717, 1.165) is 6.42 Å². The Morgan fingerprint density at radius 1 is 1.00 bits per heavy atom. The Morgan fingerprint density at radius 3 is 2.30 bits per heavy atom. The summed E-state index contributed by atoms with van der Waals surface area (Å²) in [5, 5.41) is 28.1. The Kier molecular flexibility index (Phi) is 10.1. The first kappa shape index (κ1) is 35.3. The summed E-state index contributed by atoms with van der Waals surface area (Å²) in [6, 6.07) is 13.7. The molecule has 3 saturated carbocycles. The van der Waals surface area contributed by atoms with Crippen LogP contribution in [0.5, 0.6) is 5.75 Å². The molecule has 0 radical (unpaired) electrons. The van der Waals surface area contributed by atoms with E-state index in [1.807, 2.05) is 20.8 Å². The standard InChI is InChI=1S/C38H53NO8/c1-9-28-30(37(42)21-32(44-7)27-19-22(3)38(37,43)33(27)45-8)20-29(36(28,5)6)23(4)47-35(41)26-13-11-12-14-31(26)39-34(40)24-15-17-25(18-16-24)46-10-2/h11-18,22-23,27-30,32-33,42-43H,9-10,19-21H2,1-8H3,(H,39,40)/t22?,23-,27?,28+,29?,30?,32-,33-,37-,38-/m0/s1. The molecule has 258 valence electrons. The van der Waals surface area contributed by atoms with Crippen LogP contribution in [0.1, 0.15) is 87.9 Å². The molecule has 3 fully saturated rings. The number of hydrogen-bond acceptors (Lipinski definition) is 8. The van der Waals surface area contributed by atoms with Gasteiger partial charge >= 0.3 is 5.97 Å². The average molecular weight is 652 g/mol. The third-order valence-electron chi connectivity index (χ3n) is 12.1. The van der Waals surface area contributed by atoms with Crippen molar-refractivity contribution in [2.75, 3.05) is 26.1 Å². The molecule has 10 atom stereocenters. The molecule has 2 aromatic rings. The minimum absolute atomic E-state index is 0.00503. The van der Waals surface area contributed by atoms with Crippen molar-refractivity contribution in [1.82, 2.24) is 0 Å². The number of rotatable bonds is 11. The molecule has 0 spiro atoms. The second-order valence-electron chi connectivity index (χ2n) is 14.5. The summed E-state index contributed by atoms with van der Waals surface area (Å²) in [7, 11) is 3.28. The van der Waals surface area contributed by atoms with Gasteiger partial charge < -0.3 is 34.5 Å². The van der Waals surface area contributed by atoms with Gasteiger partial charge in [-0.3, -0.25) is 4.79 Å². The van der Waals surface area contributed by atoms with E-state index in [4.69, 9.17) is 18.9 Å². The Bertz CT molecular complexity index is 1430. The monoisotopic (exact) mass is 651 g/mol. The van der Waals surface area contributed by atoms with E-state index in [-0.39, 0.29) is 52.6 Å². The normalized spacial score (nSPS) is 34.9. The van der Waals surface area contributed by atoms with Crippen LogP contribution in [-0.4, -0.2) is 72.4 Å². The Morgan fingerprint density at radius 2 is 1.68 bits per heavy atom. The Hall–Kier alpha value is -2.98. The maximum atomic E-state index is 13.7. The van der Waals surface area contributed by atoms with Crippen molar-refractivity contribution in [2.24, 2.45) is 35.0 Å². The van der Waals surface area contributed by atoms with Crippen LogP contribution in [0.25, 0.3) is 0 Å². The number of ether oxygens (including phenoxy) is 4. The molecular weight excluding hydrogens is 598 g/mol. The molecule has 0 heterocycles. The third-order valence-corrected chi connectivity index (χ3v) is 12.1. The van der Waals surface area contributed by atoms with Crippen molar-refractivity contribution in [3.63, 3.8) is 0 Å². The minimum atomic E-state index is -1.45. The number of para-hydroxylation sites is 1. The Balaban J connectivity index is 1.37. The van der Waals surface area contributed by atoms with Crippen molar-refractivity contribution >= 4 is 17.6 Å². The van der Waals surface area contributed by atoms with E-state index >= 15 is 0 Å². The fourth-order valence-electron chi connectivity index (χ4n) is 9.84. The third kappa shape index (κ3) is 5.87. The highest BCUT2D eigenvalue weighted by Gasteiger charge is 2.73. The van der Waals surface area contributed by atoms with Crippen molar-refractivity contribution in [2.45, 2.75) is 96.7 Å². The van der Waals surface area contributed by atoms with Gasteiger partial charge in [-0.2, -0.15) is 0 Å². The summed E-state index contributed by atoms with van der Waals surface area (Å²) in [5.74, 6) is -0.702. The maximum absolute atomic E-state index is 13.7. The van der Waals surface area contributed by atoms with E-state index < -0.39 is 29.4 Å². The average Bonchev–Trinajstić information content (AvgIpc) is 3.45. The number of carbonyl (C=O) groups excluding carboxylic acids is 2. The predicted molar refractivity (Wildman–Crippen MR) is 179 cm³/mol. The van der Waals surface area contributed by atoms with Crippen LogP contribution in [0.2, 0.25) is 0 Å². The van der Waals surface area contributed by atoms with Crippen molar-refractivity contribution < 1.29 is 38.7 Å². The number of anilines is 1. The lowest BCUT2D eigenvalue weighted by atomic mass is 9.58. The number of carbonyl (C=O) groups is 2. The topological polar surface area (TPSA) is 124 Å². The second-order valence-corrected chi connectivity index (χ2v) is 14.5. The van der Waals surface area contributed by atoms with Crippen molar-refractivity contribution in [1.29, 1.82) is 0 Å². The first-order chi connectivity index (χ1) is 22.3. The molecule has 3 aliphatic rings. The van der Waals surface area contributed by atoms with Crippen LogP contribution < -0.4 is 10.1 Å². The second kappa shape index (κ2) is 13.5. The number of benzene rings is 2.